The first-order valence-corrected chi connectivity index (χ1v) is 4.57. The summed E-state index contributed by atoms with van der Waals surface area (Å²) < 4.78 is 4.94. The van der Waals surface area contributed by atoms with Gasteiger partial charge in [0.1, 0.15) is 5.41 Å². The molecule has 0 unspecified atom stereocenters. The van der Waals surface area contributed by atoms with Gasteiger partial charge in [-0.15, -0.1) is 0 Å². The zero-order valence-corrected chi connectivity index (χ0v) is 8.17. The third-order valence-corrected chi connectivity index (χ3v) is 2.21. The van der Waals surface area contributed by atoms with Gasteiger partial charge in [-0.2, -0.15) is 0 Å². The lowest BCUT2D eigenvalue weighted by Crippen LogP contribution is -2.56. The minimum Gasteiger partial charge on any atom is -0.395 e. The van der Waals surface area contributed by atoms with Gasteiger partial charge in [0, 0.05) is 6.54 Å². The molecule has 0 aromatic rings. The van der Waals surface area contributed by atoms with Crippen molar-refractivity contribution in [1.29, 1.82) is 0 Å². The average Bonchev–Trinajstić information content (AvgIpc) is 2.00. The number of nitrogens with one attached hydrogen (secondary N) is 1. The first-order valence-electron chi connectivity index (χ1n) is 4.57. The van der Waals surface area contributed by atoms with E-state index in [0.717, 1.165) is 0 Å². The largest absolute Gasteiger partial charge is 0.395 e. The van der Waals surface area contributed by atoms with Gasteiger partial charge in [0.05, 0.1) is 19.8 Å². The third kappa shape index (κ3) is 2.19. The summed E-state index contributed by atoms with van der Waals surface area (Å²) in [6.45, 7) is 5.27. The lowest BCUT2D eigenvalue weighted by atomic mass is 9.86. The maximum atomic E-state index is 11.5. The molecule has 76 valence electrons. The summed E-state index contributed by atoms with van der Waals surface area (Å²) in [7, 11) is 0. The molecular weight excluding hydrogens is 170 g/mol. The molecule has 0 bridgehead atoms. The molecule has 0 aliphatic carbocycles. The highest BCUT2D eigenvalue weighted by Crippen LogP contribution is 2.26. The number of carbonyl (C=O) groups is 1. The van der Waals surface area contributed by atoms with Gasteiger partial charge in [0.2, 0.25) is 5.91 Å². The van der Waals surface area contributed by atoms with Crippen molar-refractivity contribution in [1.82, 2.24) is 5.32 Å². The highest BCUT2D eigenvalue weighted by molar-refractivity contribution is 5.83. The predicted molar refractivity (Wildman–Crippen MR) is 48.2 cm³/mol. The molecule has 1 aliphatic rings. The first kappa shape index (κ1) is 10.5. The Balaban J connectivity index is 2.37. The second kappa shape index (κ2) is 4.07. The summed E-state index contributed by atoms with van der Waals surface area (Å²) in [5.74, 6) is 0.343. The molecule has 13 heavy (non-hydrogen) atoms. The van der Waals surface area contributed by atoms with Gasteiger partial charge >= 0.3 is 0 Å². The van der Waals surface area contributed by atoms with Crippen molar-refractivity contribution >= 4 is 5.91 Å². The Morgan fingerprint density at radius 1 is 1.62 bits per heavy atom. The topological polar surface area (TPSA) is 58.6 Å². The molecule has 1 fully saturated rings. The van der Waals surface area contributed by atoms with Crippen molar-refractivity contribution in [3.8, 4) is 0 Å². The summed E-state index contributed by atoms with van der Waals surface area (Å²) in [6, 6.07) is 0. The smallest absolute Gasteiger partial charge is 0.233 e. The van der Waals surface area contributed by atoms with Gasteiger partial charge in [-0.1, -0.05) is 13.8 Å². The van der Waals surface area contributed by atoms with E-state index in [1.54, 1.807) is 0 Å². The van der Waals surface area contributed by atoms with Crippen LogP contribution in [0.3, 0.4) is 0 Å². The molecule has 1 amide bonds. The average molecular weight is 187 g/mol. The number of hydrogen-bond acceptors (Lipinski definition) is 3. The summed E-state index contributed by atoms with van der Waals surface area (Å²) in [5.41, 5.74) is -0.658. The van der Waals surface area contributed by atoms with Gasteiger partial charge in [-0.25, -0.2) is 0 Å². The number of carbonyl (C=O) groups excluding carboxylic acids is 1. The van der Waals surface area contributed by atoms with E-state index >= 15 is 0 Å². The maximum absolute atomic E-state index is 11.5. The molecule has 4 nitrogen and oxygen atoms in total. The molecule has 0 aromatic heterocycles. The number of aliphatic hydroxyl groups excluding tert-OH is 1. The molecule has 1 heterocycles. The molecule has 4 heteroatoms. The van der Waals surface area contributed by atoms with Gasteiger partial charge < -0.3 is 15.2 Å². The van der Waals surface area contributed by atoms with Crippen LogP contribution >= 0.6 is 0 Å². The van der Waals surface area contributed by atoms with Crippen LogP contribution in [-0.2, 0) is 9.53 Å². The summed E-state index contributed by atoms with van der Waals surface area (Å²) >= 11 is 0. The predicted octanol–water partition coefficient (Wildman–Crippen LogP) is -0.233. The molecule has 1 aliphatic heterocycles. The Morgan fingerprint density at radius 2 is 2.23 bits per heavy atom. The molecule has 1 rings (SSSR count). The molecule has 0 spiro atoms. The number of amides is 1. The molecule has 0 atom stereocenters. The van der Waals surface area contributed by atoms with Crippen LogP contribution in [0.25, 0.3) is 0 Å². The van der Waals surface area contributed by atoms with E-state index in [9.17, 15) is 4.79 Å². The van der Waals surface area contributed by atoms with E-state index in [4.69, 9.17) is 9.84 Å². The second-order valence-corrected chi connectivity index (χ2v) is 4.04. The molecular formula is C9H17NO3. The Kier molecular flexibility index (Phi) is 3.27. The second-order valence-electron chi connectivity index (χ2n) is 4.04. The summed E-state index contributed by atoms with van der Waals surface area (Å²) in [4.78, 5) is 11.5. The highest BCUT2D eigenvalue weighted by atomic mass is 16.5. The standard InChI is InChI=1S/C9H17NO3/c1-7(2)3-10-8(12)9(4-11)5-13-6-9/h7,11H,3-6H2,1-2H3,(H,10,12). The van der Waals surface area contributed by atoms with Crippen molar-refractivity contribution in [2.75, 3.05) is 26.4 Å². The Hall–Kier alpha value is -0.610. The molecule has 0 aromatic carbocycles. The normalized spacial score (nSPS) is 19.7. The summed E-state index contributed by atoms with van der Waals surface area (Å²) in [6.07, 6.45) is 0. The van der Waals surface area contributed by atoms with Crippen LogP contribution in [0.2, 0.25) is 0 Å². The van der Waals surface area contributed by atoms with Crippen molar-refractivity contribution in [2.24, 2.45) is 11.3 Å². The molecule has 2 N–H and O–H groups in total. The van der Waals surface area contributed by atoms with E-state index in [0.29, 0.717) is 25.7 Å². The van der Waals surface area contributed by atoms with E-state index in [-0.39, 0.29) is 12.5 Å². The van der Waals surface area contributed by atoms with Gasteiger partial charge in [-0.05, 0) is 5.92 Å². The van der Waals surface area contributed by atoms with Gasteiger partial charge in [0.15, 0.2) is 0 Å². The monoisotopic (exact) mass is 187 g/mol. The van der Waals surface area contributed by atoms with Crippen LogP contribution in [0.4, 0.5) is 0 Å². The van der Waals surface area contributed by atoms with E-state index in [2.05, 4.69) is 5.32 Å². The quantitative estimate of drug-likeness (QED) is 0.639. The van der Waals surface area contributed by atoms with E-state index in [1.807, 2.05) is 13.8 Å². The fourth-order valence-corrected chi connectivity index (χ4v) is 1.13. The Bertz CT molecular complexity index is 182. The zero-order valence-electron chi connectivity index (χ0n) is 8.17. The summed E-state index contributed by atoms with van der Waals surface area (Å²) in [5, 5.41) is 11.8. The van der Waals surface area contributed by atoms with Crippen LogP contribution in [-0.4, -0.2) is 37.4 Å². The third-order valence-electron chi connectivity index (χ3n) is 2.21. The van der Waals surface area contributed by atoms with Crippen LogP contribution in [0, 0.1) is 11.3 Å². The number of aliphatic hydroxyl groups is 1. The first-order chi connectivity index (χ1) is 6.10. The number of ether oxygens (including phenoxy) is 1. The van der Waals surface area contributed by atoms with Crippen LogP contribution in [0.15, 0.2) is 0 Å². The van der Waals surface area contributed by atoms with Gasteiger partial charge in [-0.3, -0.25) is 4.79 Å². The van der Waals surface area contributed by atoms with Crippen molar-refractivity contribution in [3.63, 3.8) is 0 Å². The highest BCUT2D eigenvalue weighted by Gasteiger charge is 2.45. The van der Waals surface area contributed by atoms with Crippen LogP contribution in [0.5, 0.6) is 0 Å². The van der Waals surface area contributed by atoms with E-state index in [1.165, 1.54) is 0 Å². The SMILES string of the molecule is CC(C)CNC(=O)C1(CO)COC1. The maximum Gasteiger partial charge on any atom is 0.233 e. The molecule has 0 radical (unpaired) electrons. The Morgan fingerprint density at radius 3 is 2.54 bits per heavy atom. The fourth-order valence-electron chi connectivity index (χ4n) is 1.13. The number of rotatable bonds is 4. The minimum atomic E-state index is -0.658. The fraction of sp³-hybridized carbons (Fsp3) is 0.889. The van der Waals surface area contributed by atoms with Crippen molar-refractivity contribution < 1.29 is 14.6 Å². The zero-order chi connectivity index (χ0) is 9.90. The lowest BCUT2D eigenvalue weighted by Gasteiger charge is -2.38. The van der Waals surface area contributed by atoms with Crippen molar-refractivity contribution in [2.45, 2.75) is 13.8 Å². The Labute approximate surface area is 78.3 Å². The number of hydrogen-bond donors (Lipinski definition) is 2. The minimum absolute atomic E-state index is 0.0880. The van der Waals surface area contributed by atoms with Crippen LogP contribution in [0.1, 0.15) is 13.8 Å². The lowest BCUT2D eigenvalue weighted by molar-refractivity contribution is -0.170. The van der Waals surface area contributed by atoms with Gasteiger partial charge in [0.25, 0.3) is 0 Å². The van der Waals surface area contributed by atoms with E-state index < -0.39 is 5.41 Å². The molecule has 0 saturated carbocycles. The van der Waals surface area contributed by atoms with Crippen molar-refractivity contribution in [3.05, 3.63) is 0 Å². The molecule has 1 saturated heterocycles. The van der Waals surface area contributed by atoms with Crippen LogP contribution < -0.4 is 5.32 Å².